The third-order valence-corrected chi connectivity index (χ3v) is 6.92. The molecular weight excluding hydrogens is 312 g/mol. The molecule has 0 amide bonds. The molecule has 0 radical (unpaired) electrons. The highest BCUT2D eigenvalue weighted by molar-refractivity contribution is 7.89. The number of sulfonamides is 1. The van der Waals surface area contributed by atoms with Crippen molar-refractivity contribution in [2.45, 2.75) is 68.5 Å². The Morgan fingerprint density at radius 2 is 1.78 bits per heavy atom. The first-order valence-electron chi connectivity index (χ1n) is 8.51. The fourth-order valence-corrected chi connectivity index (χ4v) is 5.22. The molecule has 2 N–H and O–H groups in total. The molecule has 0 bridgehead atoms. The third kappa shape index (κ3) is 3.70. The van der Waals surface area contributed by atoms with Crippen LogP contribution in [-0.4, -0.2) is 37.5 Å². The van der Waals surface area contributed by atoms with Gasteiger partial charge in [-0.15, -0.1) is 0 Å². The Morgan fingerprint density at radius 1 is 1.13 bits per heavy atom. The van der Waals surface area contributed by atoms with Gasteiger partial charge in [-0.3, -0.25) is 0 Å². The summed E-state index contributed by atoms with van der Waals surface area (Å²) in [7, 11) is -3.46. The Morgan fingerprint density at radius 3 is 2.39 bits per heavy atom. The Hall–Kier alpha value is -1.11. The maximum Gasteiger partial charge on any atom is 0.243 e. The molecule has 3 rings (SSSR count). The van der Waals surface area contributed by atoms with Gasteiger partial charge in [-0.2, -0.15) is 4.31 Å². The van der Waals surface area contributed by atoms with Gasteiger partial charge in [0.2, 0.25) is 10.0 Å². The van der Waals surface area contributed by atoms with Gasteiger partial charge in [0.15, 0.2) is 0 Å². The summed E-state index contributed by atoms with van der Waals surface area (Å²) in [5, 5.41) is 0. The SMILES string of the molecule is C[C@H]1C[C@H](N)CCN1S(=O)(=O)c1ccc(OC2CCCC2)cc1. The predicted octanol–water partition coefficient (Wildman–Crippen LogP) is 2.51. The van der Waals surface area contributed by atoms with Crippen molar-refractivity contribution in [3.05, 3.63) is 24.3 Å². The highest BCUT2D eigenvalue weighted by Gasteiger charge is 2.33. The molecule has 23 heavy (non-hydrogen) atoms. The second-order valence-corrected chi connectivity index (χ2v) is 8.64. The van der Waals surface area contributed by atoms with Crippen molar-refractivity contribution in [2.75, 3.05) is 6.54 Å². The van der Waals surface area contributed by atoms with Gasteiger partial charge in [0, 0.05) is 18.6 Å². The lowest BCUT2D eigenvalue weighted by molar-refractivity contribution is 0.210. The maximum absolute atomic E-state index is 12.8. The van der Waals surface area contributed by atoms with E-state index in [2.05, 4.69) is 0 Å². The molecule has 2 fully saturated rings. The summed E-state index contributed by atoms with van der Waals surface area (Å²) in [5.41, 5.74) is 5.93. The van der Waals surface area contributed by atoms with Crippen LogP contribution >= 0.6 is 0 Å². The lowest BCUT2D eigenvalue weighted by Gasteiger charge is -2.35. The molecule has 0 unspecified atom stereocenters. The average molecular weight is 338 g/mol. The van der Waals surface area contributed by atoms with E-state index in [0.29, 0.717) is 24.3 Å². The predicted molar refractivity (Wildman–Crippen MR) is 89.9 cm³/mol. The van der Waals surface area contributed by atoms with E-state index in [1.807, 2.05) is 6.92 Å². The standard InChI is InChI=1S/C17H26N2O3S/c1-13-12-14(18)10-11-19(13)23(20,21)17-8-6-16(7-9-17)22-15-4-2-3-5-15/h6-9,13-15H,2-5,10-12,18H2,1H3/t13-,14+/m0/s1. The van der Waals surface area contributed by atoms with Crippen LogP contribution in [0.5, 0.6) is 5.75 Å². The van der Waals surface area contributed by atoms with Crippen molar-refractivity contribution < 1.29 is 13.2 Å². The van der Waals surface area contributed by atoms with Crippen LogP contribution in [0.3, 0.4) is 0 Å². The van der Waals surface area contributed by atoms with Crippen molar-refractivity contribution in [2.24, 2.45) is 5.73 Å². The molecule has 0 aromatic heterocycles. The Balaban J connectivity index is 1.72. The van der Waals surface area contributed by atoms with Crippen LogP contribution in [0.25, 0.3) is 0 Å². The molecule has 1 aromatic rings. The molecule has 2 aliphatic rings. The van der Waals surface area contributed by atoms with Gasteiger partial charge in [0.05, 0.1) is 11.0 Å². The lowest BCUT2D eigenvalue weighted by atomic mass is 10.0. The highest BCUT2D eigenvalue weighted by Crippen LogP contribution is 2.28. The number of nitrogens with zero attached hydrogens (tertiary/aromatic N) is 1. The van der Waals surface area contributed by atoms with Gasteiger partial charge in [-0.1, -0.05) is 0 Å². The van der Waals surface area contributed by atoms with Crippen LogP contribution in [0.4, 0.5) is 0 Å². The van der Waals surface area contributed by atoms with Crippen LogP contribution in [0.2, 0.25) is 0 Å². The Labute approximate surface area is 138 Å². The summed E-state index contributed by atoms with van der Waals surface area (Å²) in [5.74, 6) is 0.754. The minimum Gasteiger partial charge on any atom is -0.490 e. The van der Waals surface area contributed by atoms with E-state index in [-0.39, 0.29) is 18.2 Å². The summed E-state index contributed by atoms with van der Waals surface area (Å²) < 4.78 is 33.1. The number of hydrogen-bond donors (Lipinski definition) is 1. The first-order chi connectivity index (χ1) is 11.0. The summed E-state index contributed by atoms with van der Waals surface area (Å²) in [6.07, 6.45) is 6.31. The van der Waals surface area contributed by atoms with Gasteiger partial charge in [0.1, 0.15) is 5.75 Å². The first-order valence-corrected chi connectivity index (χ1v) is 9.95. The monoisotopic (exact) mass is 338 g/mol. The van der Waals surface area contributed by atoms with Crippen molar-refractivity contribution in [3.63, 3.8) is 0 Å². The summed E-state index contributed by atoms with van der Waals surface area (Å²) in [6.45, 7) is 2.42. The maximum atomic E-state index is 12.8. The van der Waals surface area contributed by atoms with E-state index >= 15 is 0 Å². The van der Waals surface area contributed by atoms with E-state index in [4.69, 9.17) is 10.5 Å². The molecular formula is C17H26N2O3S. The molecule has 5 nitrogen and oxygen atoms in total. The molecule has 1 aromatic carbocycles. The quantitative estimate of drug-likeness (QED) is 0.915. The fourth-order valence-electron chi connectivity index (χ4n) is 3.57. The molecule has 1 aliphatic carbocycles. The topological polar surface area (TPSA) is 72.6 Å². The molecule has 128 valence electrons. The molecule has 1 saturated carbocycles. The first kappa shape index (κ1) is 16.7. The summed E-state index contributed by atoms with van der Waals surface area (Å²) in [4.78, 5) is 0.332. The summed E-state index contributed by atoms with van der Waals surface area (Å²) >= 11 is 0. The van der Waals surface area contributed by atoms with Gasteiger partial charge in [0.25, 0.3) is 0 Å². The second-order valence-electron chi connectivity index (χ2n) is 6.74. The van der Waals surface area contributed by atoms with Crippen molar-refractivity contribution in [1.82, 2.24) is 4.31 Å². The number of nitrogens with two attached hydrogens (primary N) is 1. The van der Waals surface area contributed by atoms with E-state index in [9.17, 15) is 8.42 Å². The second kappa shape index (κ2) is 6.79. The third-order valence-electron chi connectivity index (χ3n) is 4.89. The largest absolute Gasteiger partial charge is 0.490 e. The number of hydrogen-bond acceptors (Lipinski definition) is 4. The normalized spacial score (nSPS) is 27.2. The zero-order valence-corrected chi connectivity index (χ0v) is 14.5. The van der Waals surface area contributed by atoms with Crippen LogP contribution in [0.1, 0.15) is 45.4 Å². The van der Waals surface area contributed by atoms with Gasteiger partial charge in [-0.05, 0) is 69.7 Å². The number of rotatable bonds is 4. The lowest BCUT2D eigenvalue weighted by Crippen LogP contribution is -2.48. The van der Waals surface area contributed by atoms with Crippen LogP contribution in [0, 0.1) is 0 Å². The van der Waals surface area contributed by atoms with Crippen LogP contribution in [-0.2, 0) is 10.0 Å². The van der Waals surface area contributed by atoms with E-state index < -0.39 is 10.0 Å². The molecule has 1 saturated heterocycles. The molecule has 2 atom stereocenters. The van der Waals surface area contributed by atoms with Gasteiger partial charge in [-0.25, -0.2) is 8.42 Å². The van der Waals surface area contributed by atoms with Gasteiger partial charge >= 0.3 is 0 Å². The van der Waals surface area contributed by atoms with Gasteiger partial charge < -0.3 is 10.5 Å². The molecule has 1 heterocycles. The zero-order valence-electron chi connectivity index (χ0n) is 13.6. The van der Waals surface area contributed by atoms with Crippen LogP contribution < -0.4 is 10.5 Å². The van der Waals surface area contributed by atoms with E-state index in [0.717, 1.165) is 18.6 Å². The van der Waals surface area contributed by atoms with Crippen molar-refractivity contribution in [3.8, 4) is 5.75 Å². The number of benzene rings is 1. The smallest absolute Gasteiger partial charge is 0.243 e. The van der Waals surface area contributed by atoms with Crippen molar-refractivity contribution >= 4 is 10.0 Å². The minimum absolute atomic E-state index is 0.0573. The number of piperidine rings is 1. The van der Waals surface area contributed by atoms with Crippen LogP contribution in [0.15, 0.2) is 29.2 Å². The Kier molecular flexibility index (Phi) is 4.94. The van der Waals surface area contributed by atoms with E-state index in [1.165, 1.54) is 12.8 Å². The fraction of sp³-hybridized carbons (Fsp3) is 0.647. The van der Waals surface area contributed by atoms with E-state index in [1.54, 1.807) is 28.6 Å². The molecule has 6 heteroatoms. The summed E-state index contributed by atoms with van der Waals surface area (Å²) in [6, 6.07) is 6.88. The zero-order chi connectivity index (χ0) is 16.4. The molecule has 0 spiro atoms. The number of ether oxygens (including phenoxy) is 1. The molecule has 1 aliphatic heterocycles. The minimum atomic E-state index is -3.46. The Bertz CT molecular complexity index is 624. The average Bonchev–Trinajstić information content (AvgIpc) is 3.00. The highest BCUT2D eigenvalue weighted by atomic mass is 32.2. The van der Waals surface area contributed by atoms with Crippen molar-refractivity contribution in [1.29, 1.82) is 0 Å².